The number of hydrogen-bond acceptors (Lipinski definition) is 5. The second kappa shape index (κ2) is 22.9. The molecule has 10 nitrogen and oxygen atoms in total. The second-order valence-corrected chi connectivity index (χ2v) is 16.0. The number of ether oxygens (including phenoxy) is 1. The van der Waals surface area contributed by atoms with Crippen LogP contribution in [0.1, 0.15) is 40.2 Å². The van der Waals surface area contributed by atoms with Gasteiger partial charge in [0.2, 0.25) is 0 Å². The Balaban J connectivity index is 0. The third kappa shape index (κ3) is 11.6. The molecule has 256 valence electrons. The Kier molecular flexibility index (Phi) is 22.3. The largest absolute Gasteiger partial charge is 0.358 e. The Labute approximate surface area is 301 Å². The number of halogens is 1. The molecule has 13 heteroatoms. The molecule has 48 heavy (non-hydrogen) atoms. The van der Waals surface area contributed by atoms with E-state index in [1.807, 2.05) is 18.2 Å². The van der Waals surface area contributed by atoms with Crippen LogP contribution in [0.5, 0.6) is 0 Å². The SMILES string of the molecule is CCOC(=O)/C=C/C1=C[C@H](n2cc(Br)c(=O)[nH]c2=O)C[C@@H]1CO[Si](c1ccccc1)(c1ccccc1)C(C)(C)C.[C-]#[O+].[C-]#[O+].[C-]#[O+].[CH3-].[Fe]. The van der Waals surface area contributed by atoms with Crippen molar-refractivity contribution in [3.63, 3.8) is 0 Å². The molecule has 0 saturated heterocycles. The topological polar surface area (TPSA) is 150 Å². The molecule has 0 bridgehead atoms. The van der Waals surface area contributed by atoms with Crippen LogP contribution in [0.15, 0.2) is 105 Å². The number of aromatic nitrogens is 2. The van der Waals surface area contributed by atoms with E-state index in [-0.39, 0.29) is 52.6 Å². The van der Waals surface area contributed by atoms with Crippen LogP contribution in [0, 0.1) is 33.3 Å². The van der Waals surface area contributed by atoms with Crippen molar-refractivity contribution in [2.24, 2.45) is 5.92 Å². The van der Waals surface area contributed by atoms with Gasteiger partial charge in [-0.05, 0) is 50.3 Å². The molecule has 0 saturated carbocycles. The van der Waals surface area contributed by atoms with Gasteiger partial charge in [0, 0.05) is 41.9 Å². The summed E-state index contributed by atoms with van der Waals surface area (Å²) in [6.45, 7) is 22.6. The van der Waals surface area contributed by atoms with Gasteiger partial charge in [0.05, 0.1) is 17.1 Å². The minimum Gasteiger partial charge on any atom is -0.358 e. The third-order valence-electron chi connectivity index (χ3n) is 7.28. The predicted molar refractivity (Wildman–Crippen MR) is 182 cm³/mol. The molecule has 1 aliphatic rings. The zero-order valence-electron chi connectivity index (χ0n) is 27.3. The van der Waals surface area contributed by atoms with Crippen molar-refractivity contribution >= 4 is 40.6 Å². The van der Waals surface area contributed by atoms with Crippen molar-refractivity contribution in [1.29, 1.82) is 0 Å². The Bertz CT molecular complexity index is 1610. The van der Waals surface area contributed by atoms with Gasteiger partial charge in [0.25, 0.3) is 13.9 Å². The van der Waals surface area contributed by atoms with Crippen LogP contribution in [0.2, 0.25) is 5.04 Å². The number of carbonyl (C=O) groups is 1. The van der Waals surface area contributed by atoms with E-state index in [1.54, 1.807) is 13.0 Å². The van der Waals surface area contributed by atoms with Crippen LogP contribution in [0.3, 0.4) is 0 Å². The van der Waals surface area contributed by atoms with Crippen molar-refractivity contribution < 1.29 is 45.0 Å². The fourth-order valence-corrected chi connectivity index (χ4v) is 10.4. The predicted octanol–water partition coefficient (Wildman–Crippen LogP) is 4.82. The summed E-state index contributed by atoms with van der Waals surface area (Å²) in [5.74, 6) is -0.530. The summed E-state index contributed by atoms with van der Waals surface area (Å²) in [5, 5.41) is 2.16. The first-order valence-corrected chi connectivity index (χ1v) is 16.7. The zero-order valence-corrected chi connectivity index (χ0v) is 31.0. The monoisotopic (exact) mass is 777 g/mol. The molecule has 2 aromatic carbocycles. The van der Waals surface area contributed by atoms with Crippen LogP contribution < -0.4 is 21.6 Å². The Morgan fingerprint density at radius 3 is 1.96 bits per heavy atom. The Morgan fingerprint density at radius 1 is 1.00 bits per heavy atom. The number of H-pyrrole nitrogens is 1. The normalized spacial score (nSPS) is 14.9. The van der Waals surface area contributed by atoms with E-state index in [9.17, 15) is 14.4 Å². The molecule has 0 fully saturated rings. The zero-order chi connectivity index (χ0) is 34.9. The number of aromatic amines is 1. The van der Waals surface area contributed by atoms with Gasteiger partial charge in [-0.15, -0.1) is 0 Å². The van der Waals surface area contributed by atoms with E-state index < -0.39 is 25.5 Å². The molecule has 1 aromatic heterocycles. The first-order chi connectivity index (χ1) is 22.1. The number of rotatable bonds is 9. The van der Waals surface area contributed by atoms with E-state index in [2.05, 4.69) is 110 Å². The van der Waals surface area contributed by atoms with Crippen molar-refractivity contribution in [1.82, 2.24) is 9.55 Å². The van der Waals surface area contributed by atoms with Gasteiger partial charge in [0.1, 0.15) is 0 Å². The van der Waals surface area contributed by atoms with Crippen LogP contribution in [-0.2, 0) is 45.0 Å². The molecule has 0 radical (unpaired) electrons. The summed E-state index contributed by atoms with van der Waals surface area (Å²) < 4.78 is 36.6. The average Bonchev–Trinajstić information content (AvgIpc) is 3.48. The molecule has 0 unspecified atom stereocenters. The fourth-order valence-electron chi connectivity index (χ4n) is 5.45. The number of carbonyl (C=O) groups excluding carboxylic acids is 1. The van der Waals surface area contributed by atoms with Crippen molar-refractivity contribution in [3.8, 4) is 0 Å². The van der Waals surface area contributed by atoms with Crippen LogP contribution >= 0.6 is 15.9 Å². The molecule has 1 aliphatic carbocycles. The summed E-state index contributed by atoms with van der Waals surface area (Å²) in [4.78, 5) is 39.2. The molecule has 1 N–H and O–H groups in total. The molecular formula is C35H38BrFeN2O8Si-. The molecule has 1 heterocycles. The molecule has 2 atom stereocenters. The average molecular weight is 779 g/mol. The van der Waals surface area contributed by atoms with Gasteiger partial charge in [0.15, 0.2) is 0 Å². The van der Waals surface area contributed by atoms with Crippen molar-refractivity contribution in [2.45, 2.75) is 45.2 Å². The summed E-state index contributed by atoms with van der Waals surface area (Å²) >= 11 is 3.24. The maximum atomic E-state index is 12.7. The summed E-state index contributed by atoms with van der Waals surface area (Å²) in [5.41, 5.74) is -0.0841. The molecule has 0 aliphatic heterocycles. The Hall–Kier alpha value is -3.53. The van der Waals surface area contributed by atoms with E-state index >= 15 is 0 Å². The quantitative estimate of drug-likeness (QED) is 0.109. The van der Waals surface area contributed by atoms with Gasteiger partial charge in [-0.25, -0.2) is 9.59 Å². The van der Waals surface area contributed by atoms with Crippen molar-refractivity contribution in [2.75, 3.05) is 13.2 Å². The van der Waals surface area contributed by atoms with Gasteiger partial charge in [-0.3, -0.25) is 14.3 Å². The minimum atomic E-state index is -2.80. The van der Waals surface area contributed by atoms with Gasteiger partial charge in [-0.2, -0.15) is 0 Å². The Morgan fingerprint density at radius 2 is 1.50 bits per heavy atom. The van der Waals surface area contributed by atoms with Crippen LogP contribution in [0.25, 0.3) is 0 Å². The smallest absolute Gasteiger partial charge is 0 e. The number of nitrogens with zero attached hydrogens (tertiary/aromatic N) is 1. The summed E-state index contributed by atoms with van der Waals surface area (Å²) in [7, 11) is -2.80. The first kappa shape index (κ1) is 46.6. The van der Waals surface area contributed by atoms with E-state index in [0.29, 0.717) is 13.0 Å². The minimum absolute atomic E-state index is 0. The standard InChI is InChI=1S/C31H35BrN2O5Si.3CO.CH3.Fe/c1-5-38-28(35)17-16-22-18-24(34-20-27(32)29(36)33-30(34)37)19-23(22)21-39-40(31(2,3)4,25-12-8-6-9-13-25)26-14-10-7-11-15-26;3*1-2;;/h6-18,20,23-24H,5,19,21H2,1-4H3,(H,33,36,37);;;;1H3;/q;;;;-1;/b17-16+;;;;;/t23-,24+;;;;;/m1...../s1. The summed E-state index contributed by atoms with van der Waals surface area (Å²) in [6, 6.07) is 20.5. The van der Waals surface area contributed by atoms with Gasteiger partial charge < -0.3 is 16.6 Å². The molecule has 3 aromatic rings. The fraction of sp³-hybridized carbons (Fsp3) is 0.286. The number of benzene rings is 2. The van der Waals surface area contributed by atoms with E-state index in [4.69, 9.17) is 23.1 Å². The van der Waals surface area contributed by atoms with Gasteiger partial charge in [-0.1, -0.05) is 93.6 Å². The number of nitrogens with one attached hydrogen (secondary N) is 1. The molecular weight excluding hydrogens is 740 g/mol. The van der Waals surface area contributed by atoms with Gasteiger partial charge >= 0.3 is 45.6 Å². The number of allylic oxidation sites excluding steroid dienone is 2. The molecule has 0 spiro atoms. The maximum Gasteiger partial charge on any atom is 0 e. The number of hydrogen-bond donors (Lipinski definition) is 1. The van der Waals surface area contributed by atoms with Crippen LogP contribution in [-0.4, -0.2) is 37.1 Å². The third-order valence-corrected chi connectivity index (χ3v) is 12.8. The van der Waals surface area contributed by atoms with Crippen LogP contribution in [0.4, 0.5) is 0 Å². The van der Waals surface area contributed by atoms with E-state index in [1.165, 1.54) is 27.2 Å². The van der Waals surface area contributed by atoms with Crippen molar-refractivity contribution in [3.05, 3.63) is 143 Å². The summed E-state index contributed by atoms with van der Waals surface area (Å²) in [6.07, 6.45) is 7.21. The first-order valence-electron chi connectivity index (χ1n) is 14.0. The molecule has 0 amide bonds. The maximum absolute atomic E-state index is 12.7. The molecule has 4 rings (SSSR count). The second-order valence-electron chi connectivity index (χ2n) is 10.9. The van der Waals surface area contributed by atoms with E-state index in [0.717, 1.165) is 5.57 Å². The number of esters is 1.